The minimum absolute atomic E-state index is 0.547. The van der Waals surface area contributed by atoms with Crippen molar-refractivity contribution in [1.82, 2.24) is 4.90 Å². The van der Waals surface area contributed by atoms with Crippen LogP contribution in [-0.2, 0) is 4.74 Å². The van der Waals surface area contributed by atoms with Crippen LogP contribution in [-0.4, -0.2) is 50.6 Å². The first-order valence-electron chi connectivity index (χ1n) is 8.05. The largest absolute Gasteiger partial charge is 0.491 e. The molecular formula is C19H20ClNO3. The Morgan fingerprint density at radius 2 is 1.88 bits per heavy atom. The number of halogens is 1. The highest BCUT2D eigenvalue weighted by Crippen LogP contribution is 2.30. The number of carbonyl (C=O) groups excluding carboxylic acids is 1. The van der Waals surface area contributed by atoms with E-state index in [0.29, 0.717) is 22.9 Å². The van der Waals surface area contributed by atoms with Gasteiger partial charge in [0.15, 0.2) is 6.29 Å². The van der Waals surface area contributed by atoms with E-state index in [-0.39, 0.29) is 0 Å². The van der Waals surface area contributed by atoms with E-state index in [1.165, 1.54) is 0 Å². The molecule has 0 bridgehead atoms. The van der Waals surface area contributed by atoms with Crippen molar-refractivity contribution >= 4 is 17.9 Å². The molecule has 1 aliphatic rings. The Hall–Kier alpha value is -1.88. The van der Waals surface area contributed by atoms with Crippen molar-refractivity contribution in [3.8, 4) is 16.9 Å². The van der Waals surface area contributed by atoms with Crippen LogP contribution < -0.4 is 4.74 Å². The zero-order valence-electron chi connectivity index (χ0n) is 13.4. The fourth-order valence-electron chi connectivity index (χ4n) is 2.78. The molecule has 3 rings (SSSR count). The lowest BCUT2D eigenvalue weighted by Gasteiger charge is -2.26. The van der Waals surface area contributed by atoms with E-state index in [2.05, 4.69) is 4.90 Å². The van der Waals surface area contributed by atoms with Crippen LogP contribution in [0.5, 0.6) is 5.75 Å². The van der Waals surface area contributed by atoms with E-state index in [9.17, 15) is 4.79 Å². The Morgan fingerprint density at radius 3 is 2.58 bits per heavy atom. The molecule has 1 aliphatic heterocycles. The summed E-state index contributed by atoms with van der Waals surface area (Å²) in [6.07, 6.45) is 0.855. The summed E-state index contributed by atoms with van der Waals surface area (Å²) in [5, 5.41) is 0.671. The molecule has 0 saturated carbocycles. The van der Waals surface area contributed by atoms with Gasteiger partial charge in [-0.1, -0.05) is 35.9 Å². The smallest absolute Gasteiger partial charge is 0.154 e. The van der Waals surface area contributed by atoms with Crippen LogP contribution in [0.1, 0.15) is 10.4 Å². The van der Waals surface area contributed by atoms with E-state index >= 15 is 0 Å². The summed E-state index contributed by atoms with van der Waals surface area (Å²) in [6.45, 7) is 4.76. The molecule has 1 heterocycles. The Morgan fingerprint density at radius 1 is 1.12 bits per heavy atom. The van der Waals surface area contributed by atoms with Gasteiger partial charge in [-0.2, -0.15) is 0 Å². The van der Waals surface area contributed by atoms with E-state index in [1.807, 2.05) is 42.5 Å². The maximum atomic E-state index is 11.6. The van der Waals surface area contributed by atoms with Crippen LogP contribution >= 0.6 is 11.6 Å². The third-order valence-corrected chi connectivity index (χ3v) is 4.36. The number of rotatable bonds is 6. The monoisotopic (exact) mass is 345 g/mol. The second-order valence-corrected chi connectivity index (χ2v) is 6.08. The predicted octanol–water partition coefficient (Wildman–Crippen LogP) is 3.53. The van der Waals surface area contributed by atoms with Gasteiger partial charge < -0.3 is 9.47 Å². The van der Waals surface area contributed by atoms with Gasteiger partial charge in [0.1, 0.15) is 12.4 Å². The van der Waals surface area contributed by atoms with Gasteiger partial charge in [-0.3, -0.25) is 9.69 Å². The quantitative estimate of drug-likeness (QED) is 0.751. The summed E-state index contributed by atoms with van der Waals surface area (Å²) in [5.41, 5.74) is 2.37. The molecule has 0 atom stereocenters. The Labute approximate surface area is 146 Å². The van der Waals surface area contributed by atoms with Gasteiger partial charge in [-0.25, -0.2) is 0 Å². The molecule has 2 aromatic carbocycles. The molecule has 0 N–H and O–H groups in total. The molecule has 2 aromatic rings. The number of benzene rings is 2. The van der Waals surface area contributed by atoms with Crippen molar-refractivity contribution < 1.29 is 14.3 Å². The van der Waals surface area contributed by atoms with Crippen molar-refractivity contribution in [3.63, 3.8) is 0 Å². The minimum Gasteiger partial charge on any atom is -0.491 e. The lowest BCUT2D eigenvalue weighted by Crippen LogP contribution is -2.38. The molecule has 0 spiro atoms. The van der Waals surface area contributed by atoms with E-state index in [4.69, 9.17) is 21.1 Å². The van der Waals surface area contributed by atoms with Crippen LogP contribution in [0.25, 0.3) is 11.1 Å². The Bertz CT molecular complexity index is 682. The van der Waals surface area contributed by atoms with Gasteiger partial charge in [0, 0.05) is 24.7 Å². The summed E-state index contributed by atoms with van der Waals surface area (Å²) in [4.78, 5) is 13.9. The number of hydrogen-bond donors (Lipinski definition) is 0. The molecule has 1 saturated heterocycles. The van der Waals surface area contributed by atoms with Gasteiger partial charge >= 0.3 is 0 Å². The van der Waals surface area contributed by atoms with E-state index in [0.717, 1.165) is 50.3 Å². The molecule has 0 unspecified atom stereocenters. The number of carbonyl (C=O) groups is 1. The molecular weight excluding hydrogens is 326 g/mol. The number of nitrogens with zero attached hydrogens (tertiary/aromatic N) is 1. The van der Waals surface area contributed by atoms with Crippen LogP contribution in [0.4, 0.5) is 0 Å². The average Bonchev–Trinajstić information content (AvgIpc) is 2.63. The summed E-state index contributed by atoms with van der Waals surface area (Å²) >= 11 is 5.94. The fourth-order valence-corrected chi connectivity index (χ4v) is 2.91. The fraction of sp³-hybridized carbons (Fsp3) is 0.316. The first kappa shape index (κ1) is 17.0. The molecule has 0 radical (unpaired) electrons. The highest BCUT2D eigenvalue weighted by Gasteiger charge is 2.13. The summed E-state index contributed by atoms with van der Waals surface area (Å²) in [7, 11) is 0. The second kappa shape index (κ2) is 8.29. The van der Waals surface area contributed by atoms with Crippen molar-refractivity contribution in [2.75, 3.05) is 39.5 Å². The first-order valence-corrected chi connectivity index (χ1v) is 8.43. The van der Waals surface area contributed by atoms with Crippen LogP contribution in [0.15, 0.2) is 42.5 Å². The predicted molar refractivity (Wildman–Crippen MR) is 95.0 cm³/mol. The highest BCUT2D eigenvalue weighted by molar-refractivity contribution is 6.30. The number of hydrogen-bond acceptors (Lipinski definition) is 4. The van der Waals surface area contributed by atoms with Gasteiger partial charge in [-0.15, -0.1) is 0 Å². The van der Waals surface area contributed by atoms with Crippen molar-refractivity contribution in [2.24, 2.45) is 0 Å². The Balaban J connectivity index is 1.72. The van der Waals surface area contributed by atoms with Gasteiger partial charge in [0.25, 0.3) is 0 Å². The standard InChI is InChI=1S/C19H20ClNO3/c20-16-6-4-15(5-7-16)17-2-1-3-19(18(17)14-22)24-13-10-21-8-11-23-12-9-21/h1-7,14H,8-13H2. The molecule has 5 heteroatoms. The number of ether oxygens (including phenoxy) is 2. The van der Waals surface area contributed by atoms with Crippen LogP contribution in [0, 0.1) is 0 Å². The number of morpholine rings is 1. The first-order chi connectivity index (χ1) is 11.8. The molecule has 24 heavy (non-hydrogen) atoms. The normalized spacial score (nSPS) is 15.2. The van der Waals surface area contributed by atoms with E-state index in [1.54, 1.807) is 0 Å². The summed E-state index contributed by atoms with van der Waals surface area (Å²) in [5.74, 6) is 0.616. The van der Waals surface area contributed by atoms with Crippen molar-refractivity contribution in [1.29, 1.82) is 0 Å². The SMILES string of the molecule is O=Cc1c(OCCN2CCOCC2)cccc1-c1ccc(Cl)cc1. The molecule has 1 fully saturated rings. The van der Waals surface area contributed by atoms with E-state index < -0.39 is 0 Å². The van der Waals surface area contributed by atoms with Crippen LogP contribution in [0.2, 0.25) is 5.02 Å². The third-order valence-electron chi connectivity index (χ3n) is 4.11. The zero-order valence-corrected chi connectivity index (χ0v) is 14.2. The second-order valence-electron chi connectivity index (χ2n) is 5.64. The van der Waals surface area contributed by atoms with Gasteiger partial charge in [-0.05, 0) is 29.3 Å². The van der Waals surface area contributed by atoms with Crippen molar-refractivity contribution in [2.45, 2.75) is 0 Å². The van der Waals surface area contributed by atoms with Crippen molar-refractivity contribution in [3.05, 3.63) is 53.1 Å². The maximum absolute atomic E-state index is 11.6. The lowest BCUT2D eigenvalue weighted by molar-refractivity contribution is 0.0322. The Kier molecular flexibility index (Phi) is 5.86. The minimum atomic E-state index is 0.547. The summed E-state index contributed by atoms with van der Waals surface area (Å²) in [6, 6.07) is 13.1. The van der Waals surface area contributed by atoms with Gasteiger partial charge in [0.05, 0.1) is 18.8 Å². The third kappa shape index (κ3) is 4.15. The summed E-state index contributed by atoms with van der Waals surface area (Å²) < 4.78 is 11.2. The number of aldehydes is 1. The zero-order chi connectivity index (χ0) is 16.8. The average molecular weight is 346 g/mol. The molecule has 4 nitrogen and oxygen atoms in total. The molecule has 0 aromatic heterocycles. The lowest BCUT2D eigenvalue weighted by atomic mass is 10.00. The molecule has 126 valence electrons. The topological polar surface area (TPSA) is 38.8 Å². The van der Waals surface area contributed by atoms with Gasteiger partial charge in [0.2, 0.25) is 0 Å². The van der Waals surface area contributed by atoms with Crippen LogP contribution in [0.3, 0.4) is 0 Å². The highest BCUT2D eigenvalue weighted by atomic mass is 35.5. The maximum Gasteiger partial charge on any atom is 0.154 e. The molecule has 0 amide bonds. The molecule has 0 aliphatic carbocycles.